The van der Waals surface area contributed by atoms with Crippen molar-refractivity contribution >= 4 is 27.7 Å². The highest BCUT2D eigenvalue weighted by Crippen LogP contribution is 2.33. The van der Waals surface area contributed by atoms with Crippen molar-refractivity contribution in [2.24, 2.45) is 5.92 Å². The van der Waals surface area contributed by atoms with Crippen LogP contribution in [0.5, 0.6) is 0 Å². The van der Waals surface area contributed by atoms with E-state index in [1.165, 1.54) is 52.8 Å². The molecule has 1 unspecified atom stereocenters. The maximum Gasteiger partial charge on any atom is 0.0302 e. The molecule has 0 amide bonds. The Labute approximate surface area is 136 Å². The number of nitrogens with one attached hydrogen (secondary N) is 1. The van der Waals surface area contributed by atoms with E-state index in [0.29, 0.717) is 6.04 Å². The molecule has 1 nitrogen and oxygen atoms in total. The largest absolute Gasteiger partial charge is 0.310 e. The fourth-order valence-electron chi connectivity index (χ4n) is 2.81. The highest BCUT2D eigenvalue weighted by molar-refractivity contribution is 9.10. The molecule has 1 fully saturated rings. The Hall–Kier alpha value is 0.01000. The van der Waals surface area contributed by atoms with E-state index in [1.807, 2.05) is 11.8 Å². The molecule has 0 aliphatic heterocycles. The maximum absolute atomic E-state index is 3.74. The first kappa shape index (κ1) is 16.4. The van der Waals surface area contributed by atoms with Crippen molar-refractivity contribution in [2.75, 3.05) is 12.3 Å². The lowest BCUT2D eigenvalue weighted by Gasteiger charge is -2.16. The summed E-state index contributed by atoms with van der Waals surface area (Å²) in [6, 6.07) is 7.26. The minimum atomic E-state index is 0.415. The van der Waals surface area contributed by atoms with Crippen molar-refractivity contribution in [3.63, 3.8) is 0 Å². The van der Waals surface area contributed by atoms with Crippen LogP contribution < -0.4 is 5.32 Å². The Morgan fingerprint density at radius 3 is 2.75 bits per heavy atom. The molecule has 1 N–H and O–H groups in total. The highest BCUT2D eigenvalue weighted by Gasteiger charge is 2.15. The molecule has 1 saturated carbocycles. The van der Waals surface area contributed by atoms with E-state index in [0.717, 1.165) is 12.5 Å². The summed E-state index contributed by atoms with van der Waals surface area (Å²) >= 11 is 5.76. The van der Waals surface area contributed by atoms with Crippen molar-refractivity contribution in [1.29, 1.82) is 0 Å². The van der Waals surface area contributed by atoms with Gasteiger partial charge in [0.15, 0.2) is 0 Å². The molecule has 1 aliphatic rings. The number of rotatable bonds is 7. The smallest absolute Gasteiger partial charge is 0.0302 e. The standard InChI is InChI=1S/C17H26BrNS/c1-3-10-19-13(2)16-9-8-15(11-17(16)18)20-12-14-6-4-5-7-14/h8-9,11,13-14,19H,3-7,10,12H2,1-2H3. The molecule has 0 aromatic heterocycles. The summed E-state index contributed by atoms with van der Waals surface area (Å²) in [5.74, 6) is 2.23. The van der Waals surface area contributed by atoms with Crippen LogP contribution >= 0.6 is 27.7 Å². The number of hydrogen-bond acceptors (Lipinski definition) is 2. The topological polar surface area (TPSA) is 12.0 Å². The molecular formula is C17H26BrNS. The van der Waals surface area contributed by atoms with Gasteiger partial charge in [0.1, 0.15) is 0 Å². The SMILES string of the molecule is CCCNC(C)c1ccc(SCC2CCCC2)cc1Br. The highest BCUT2D eigenvalue weighted by atomic mass is 79.9. The fraction of sp³-hybridized carbons (Fsp3) is 0.647. The molecule has 2 rings (SSSR count). The van der Waals surface area contributed by atoms with E-state index < -0.39 is 0 Å². The molecule has 0 radical (unpaired) electrons. The molecule has 1 atom stereocenters. The van der Waals surface area contributed by atoms with Gasteiger partial charge in [0.05, 0.1) is 0 Å². The molecule has 0 heterocycles. The summed E-state index contributed by atoms with van der Waals surface area (Å²) in [5, 5.41) is 3.55. The molecule has 1 aromatic carbocycles. The van der Waals surface area contributed by atoms with E-state index in [2.05, 4.69) is 53.3 Å². The van der Waals surface area contributed by atoms with Gasteiger partial charge in [-0.05, 0) is 56.3 Å². The first-order valence-electron chi connectivity index (χ1n) is 7.86. The quantitative estimate of drug-likeness (QED) is 0.621. The first-order chi connectivity index (χ1) is 9.70. The normalized spacial score (nSPS) is 17.6. The van der Waals surface area contributed by atoms with Gasteiger partial charge in [-0.3, -0.25) is 0 Å². The number of benzene rings is 1. The van der Waals surface area contributed by atoms with Crippen molar-refractivity contribution in [3.8, 4) is 0 Å². The summed E-state index contributed by atoms with van der Waals surface area (Å²) < 4.78 is 1.24. The fourth-order valence-corrected chi connectivity index (χ4v) is 4.81. The van der Waals surface area contributed by atoms with Crippen LogP contribution in [0.4, 0.5) is 0 Å². The first-order valence-corrected chi connectivity index (χ1v) is 9.64. The van der Waals surface area contributed by atoms with Gasteiger partial charge < -0.3 is 5.32 Å². The zero-order chi connectivity index (χ0) is 14.4. The Morgan fingerprint density at radius 1 is 1.35 bits per heavy atom. The maximum atomic E-state index is 3.74. The third kappa shape index (κ3) is 4.78. The molecule has 0 bridgehead atoms. The Morgan fingerprint density at radius 2 is 2.10 bits per heavy atom. The van der Waals surface area contributed by atoms with Crippen molar-refractivity contribution in [3.05, 3.63) is 28.2 Å². The second-order valence-electron chi connectivity index (χ2n) is 5.82. The lowest BCUT2D eigenvalue weighted by Crippen LogP contribution is -2.19. The zero-order valence-electron chi connectivity index (χ0n) is 12.6. The predicted octanol–water partition coefficient (Wildman–Crippen LogP) is 5.79. The molecular weight excluding hydrogens is 330 g/mol. The number of halogens is 1. The third-order valence-corrected chi connectivity index (χ3v) is 6.01. The van der Waals surface area contributed by atoms with Crippen LogP contribution in [-0.4, -0.2) is 12.3 Å². The van der Waals surface area contributed by atoms with E-state index in [-0.39, 0.29) is 0 Å². The van der Waals surface area contributed by atoms with E-state index in [9.17, 15) is 0 Å². The average molecular weight is 356 g/mol. The minimum absolute atomic E-state index is 0.415. The van der Waals surface area contributed by atoms with E-state index in [1.54, 1.807) is 0 Å². The summed E-state index contributed by atoms with van der Waals surface area (Å²) in [4.78, 5) is 1.40. The van der Waals surface area contributed by atoms with E-state index in [4.69, 9.17) is 0 Å². The monoisotopic (exact) mass is 355 g/mol. The number of hydrogen-bond donors (Lipinski definition) is 1. The lowest BCUT2D eigenvalue weighted by molar-refractivity contribution is 0.568. The van der Waals surface area contributed by atoms with Crippen LogP contribution in [0.25, 0.3) is 0 Å². The minimum Gasteiger partial charge on any atom is -0.310 e. The van der Waals surface area contributed by atoms with Gasteiger partial charge in [0.2, 0.25) is 0 Å². The third-order valence-electron chi connectivity index (χ3n) is 4.10. The van der Waals surface area contributed by atoms with Crippen molar-refractivity contribution in [1.82, 2.24) is 5.32 Å². The van der Waals surface area contributed by atoms with Crippen LogP contribution in [0.15, 0.2) is 27.6 Å². The Balaban J connectivity index is 1.90. The zero-order valence-corrected chi connectivity index (χ0v) is 15.0. The van der Waals surface area contributed by atoms with Crippen LogP contribution in [0, 0.1) is 5.92 Å². The molecule has 0 spiro atoms. The van der Waals surface area contributed by atoms with Crippen LogP contribution in [0.1, 0.15) is 57.6 Å². The van der Waals surface area contributed by atoms with E-state index >= 15 is 0 Å². The summed E-state index contributed by atoms with van der Waals surface area (Å²) in [5.41, 5.74) is 1.36. The average Bonchev–Trinajstić information content (AvgIpc) is 2.96. The second-order valence-corrected chi connectivity index (χ2v) is 7.77. The number of thioether (sulfide) groups is 1. The molecule has 20 heavy (non-hydrogen) atoms. The van der Waals surface area contributed by atoms with Crippen molar-refractivity contribution in [2.45, 2.75) is 56.9 Å². The summed E-state index contributed by atoms with van der Waals surface area (Å²) in [6.45, 7) is 5.52. The van der Waals surface area contributed by atoms with Gasteiger partial charge in [-0.25, -0.2) is 0 Å². The lowest BCUT2D eigenvalue weighted by atomic mass is 10.1. The van der Waals surface area contributed by atoms with Gasteiger partial charge in [-0.2, -0.15) is 0 Å². The van der Waals surface area contributed by atoms with Gasteiger partial charge in [-0.15, -0.1) is 11.8 Å². The van der Waals surface area contributed by atoms with Gasteiger partial charge in [-0.1, -0.05) is 41.8 Å². The molecule has 1 aromatic rings. The van der Waals surface area contributed by atoms with Crippen LogP contribution in [-0.2, 0) is 0 Å². The van der Waals surface area contributed by atoms with Gasteiger partial charge in [0.25, 0.3) is 0 Å². The van der Waals surface area contributed by atoms with Crippen LogP contribution in [0.3, 0.4) is 0 Å². The molecule has 0 saturated heterocycles. The Bertz CT molecular complexity index is 415. The van der Waals surface area contributed by atoms with Gasteiger partial charge in [0, 0.05) is 21.2 Å². The predicted molar refractivity (Wildman–Crippen MR) is 93.5 cm³/mol. The molecule has 1 aliphatic carbocycles. The van der Waals surface area contributed by atoms with Crippen LogP contribution in [0.2, 0.25) is 0 Å². The molecule has 112 valence electrons. The summed E-state index contributed by atoms with van der Waals surface area (Å²) in [6.07, 6.45) is 6.93. The van der Waals surface area contributed by atoms with Gasteiger partial charge >= 0.3 is 0 Å². The van der Waals surface area contributed by atoms with Crippen molar-refractivity contribution < 1.29 is 0 Å². The molecule has 3 heteroatoms. The summed E-state index contributed by atoms with van der Waals surface area (Å²) in [7, 11) is 0. The Kier molecular flexibility index (Phi) is 6.92. The second kappa shape index (κ2) is 8.45.